The van der Waals surface area contributed by atoms with Gasteiger partial charge in [-0.15, -0.1) is 0 Å². The molecule has 0 bridgehead atoms. The van der Waals surface area contributed by atoms with E-state index in [2.05, 4.69) is 5.32 Å². The Kier molecular flexibility index (Phi) is 7.16. The maximum Gasteiger partial charge on any atom is 0.203 e. The van der Waals surface area contributed by atoms with Gasteiger partial charge in [0.2, 0.25) is 5.75 Å². The average Bonchev–Trinajstić information content (AvgIpc) is 3.43. The van der Waals surface area contributed by atoms with Gasteiger partial charge in [0.15, 0.2) is 16.6 Å². The molecule has 4 rings (SSSR count). The third-order valence-electron chi connectivity index (χ3n) is 5.55. The first-order valence-electron chi connectivity index (χ1n) is 10.8. The van der Waals surface area contributed by atoms with E-state index in [9.17, 15) is 0 Å². The highest BCUT2D eigenvalue weighted by molar-refractivity contribution is 7.19. The molecule has 1 N–H and O–H groups in total. The summed E-state index contributed by atoms with van der Waals surface area (Å²) >= 11 is 1.60. The number of benzene rings is 1. The Hall–Kier alpha value is -2.78. The van der Waals surface area contributed by atoms with Crippen molar-refractivity contribution < 1.29 is 18.9 Å². The van der Waals surface area contributed by atoms with Gasteiger partial charge in [-0.2, -0.15) is 5.10 Å². The van der Waals surface area contributed by atoms with E-state index in [1.54, 1.807) is 32.7 Å². The number of nitrogens with zero attached hydrogens (tertiary/aromatic N) is 3. The fourth-order valence-electron chi connectivity index (χ4n) is 3.93. The van der Waals surface area contributed by atoms with Crippen molar-refractivity contribution in [3.8, 4) is 27.8 Å². The summed E-state index contributed by atoms with van der Waals surface area (Å²) in [7, 11) is 4.84. The van der Waals surface area contributed by atoms with Gasteiger partial charge >= 0.3 is 0 Å². The molecule has 1 unspecified atom stereocenters. The smallest absolute Gasteiger partial charge is 0.203 e. The lowest BCUT2D eigenvalue weighted by Gasteiger charge is -2.22. The Morgan fingerprint density at radius 2 is 1.97 bits per heavy atom. The quantitative estimate of drug-likeness (QED) is 0.505. The summed E-state index contributed by atoms with van der Waals surface area (Å²) in [5.74, 6) is 1.86. The van der Waals surface area contributed by atoms with Crippen LogP contribution in [0.5, 0.6) is 17.2 Å². The first-order chi connectivity index (χ1) is 15.6. The van der Waals surface area contributed by atoms with Gasteiger partial charge in [0.25, 0.3) is 0 Å². The fraction of sp³-hybridized carbons (Fsp3) is 0.478. The standard InChI is InChI=1S/C23H30N4O4S/c1-15-22(18-10-11-27(26-18)14-17-7-5-6-12-31-17)32-23(25-15)24-13-16-8-9-19(28-2)21(30-4)20(16)29-3/h8-11,17H,5-7,12-14H2,1-4H3,(H,24,25). The SMILES string of the molecule is COc1ccc(CNc2nc(C)c(-c3ccn(CC4CCCCO4)n3)s2)c(OC)c1OC. The summed E-state index contributed by atoms with van der Waals surface area (Å²) in [5, 5.41) is 9.00. The van der Waals surface area contributed by atoms with Gasteiger partial charge in [-0.05, 0) is 44.4 Å². The Morgan fingerprint density at radius 3 is 2.69 bits per heavy atom. The molecule has 0 amide bonds. The average molecular weight is 459 g/mol. The van der Waals surface area contributed by atoms with Gasteiger partial charge in [0, 0.05) is 24.9 Å². The summed E-state index contributed by atoms with van der Waals surface area (Å²) in [5.41, 5.74) is 2.85. The van der Waals surface area contributed by atoms with Crippen LogP contribution < -0.4 is 19.5 Å². The molecule has 1 fully saturated rings. The molecular weight excluding hydrogens is 428 g/mol. The zero-order chi connectivity index (χ0) is 22.5. The molecule has 2 aromatic heterocycles. The second-order valence-electron chi connectivity index (χ2n) is 7.69. The van der Waals surface area contributed by atoms with E-state index in [0.29, 0.717) is 23.8 Å². The minimum Gasteiger partial charge on any atom is -0.493 e. The highest BCUT2D eigenvalue weighted by Crippen LogP contribution is 2.40. The Bertz CT molecular complexity index is 1040. The van der Waals surface area contributed by atoms with Gasteiger partial charge in [0.1, 0.15) is 5.69 Å². The topological polar surface area (TPSA) is 79.7 Å². The van der Waals surface area contributed by atoms with E-state index in [1.807, 2.05) is 36.0 Å². The van der Waals surface area contributed by atoms with Crippen LogP contribution in [0.25, 0.3) is 10.6 Å². The summed E-state index contributed by atoms with van der Waals surface area (Å²) in [6.45, 7) is 4.20. The monoisotopic (exact) mass is 458 g/mol. The molecule has 9 heteroatoms. The van der Waals surface area contributed by atoms with Gasteiger partial charge in [-0.3, -0.25) is 4.68 Å². The predicted octanol–water partition coefficient (Wildman–Crippen LogP) is 4.52. The number of rotatable bonds is 9. The van der Waals surface area contributed by atoms with Crippen LogP contribution in [0.4, 0.5) is 5.13 Å². The van der Waals surface area contributed by atoms with Gasteiger partial charge in [-0.25, -0.2) is 4.98 Å². The molecule has 0 aliphatic carbocycles. The molecule has 172 valence electrons. The van der Waals surface area contributed by atoms with Crippen LogP contribution in [-0.2, 0) is 17.8 Å². The van der Waals surface area contributed by atoms with Crippen LogP contribution in [0, 0.1) is 6.92 Å². The van der Waals surface area contributed by atoms with Crippen molar-refractivity contribution in [2.45, 2.75) is 45.4 Å². The Labute approximate surface area is 192 Å². The molecule has 0 spiro atoms. The van der Waals surface area contributed by atoms with Crippen LogP contribution in [0.15, 0.2) is 24.4 Å². The molecule has 1 aliphatic rings. The lowest BCUT2D eigenvalue weighted by Crippen LogP contribution is -2.24. The third kappa shape index (κ3) is 4.83. The van der Waals surface area contributed by atoms with Crippen molar-refractivity contribution in [3.63, 3.8) is 0 Å². The van der Waals surface area contributed by atoms with Crippen molar-refractivity contribution in [2.24, 2.45) is 0 Å². The largest absolute Gasteiger partial charge is 0.493 e. The number of aromatic nitrogens is 3. The van der Waals surface area contributed by atoms with Crippen molar-refractivity contribution in [1.29, 1.82) is 0 Å². The predicted molar refractivity (Wildman–Crippen MR) is 125 cm³/mol. The zero-order valence-electron chi connectivity index (χ0n) is 19.0. The lowest BCUT2D eigenvalue weighted by molar-refractivity contribution is 0.00403. The highest BCUT2D eigenvalue weighted by atomic mass is 32.1. The number of ether oxygens (including phenoxy) is 4. The maximum atomic E-state index is 5.84. The second kappa shape index (κ2) is 10.2. The molecule has 1 saturated heterocycles. The number of hydrogen-bond acceptors (Lipinski definition) is 8. The molecule has 32 heavy (non-hydrogen) atoms. The van der Waals surface area contributed by atoms with E-state index in [4.69, 9.17) is 29.0 Å². The fourth-order valence-corrected chi connectivity index (χ4v) is 4.85. The van der Waals surface area contributed by atoms with E-state index in [1.165, 1.54) is 6.42 Å². The molecule has 1 atom stereocenters. The third-order valence-corrected chi connectivity index (χ3v) is 6.69. The number of nitrogens with one attached hydrogen (secondary N) is 1. The number of anilines is 1. The van der Waals surface area contributed by atoms with Crippen molar-refractivity contribution in [1.82, 2.24) is 14.8 Å². The van der Waals surface area contributed by atoms with Crippen molar-refractivity contribution in [3.05, 3.63) is 35.7 Å². The molecule has 3 aromatic rings. The van der Waals surface area contributed by atoms with E-state index in [-0.39, 0.29) is 6.10 Å². The summed E-state index contributed by atoms with van der Waals surface area (Å²) < 4.78 is 24.2. The molecule has 8 nitrogen and oxygen atoms in total. The van der Waals surface area contributed by atoms with Gasteiger partial charge in [-0.1, -0.05) is 11.3 Å². The van der Waals surface area contributed by atoms with E-state index < -0.39 is 0 Å². The molecule has 1 aliphatic heterocycles. The zero-order valence-corrected chi connectivity index (χ0v) is 19.8. The summed E-state index contributed by atoms with van der Waals surface area (Å²) in [6, 6.07) is 5.88. The van der Waals surface area contributed by atoms with E-state index in [0.717, 1.165) is 53.0 Å². The first kappa shape index (κ1) is 22.4. The summed E-state index contributed by atoms with van der Waals surface area (Å²) in [4.78, 5) is 5.76. The molecule has 3 heterocycles. The normalized spacial score (nSPS) is 16.1. The number of aryl methyl sites for hydroxylation is 1. The lowest BCUT2D eigenvalue weighted by atomic mass is 10.1. The van der Waals surface area contributed by atoms with Gasteiger partial charge in [0.05, 0.1) is 44.5 Å². The van der Waals surface area contributed by atoms with Crippen LogP contribution in [0.3, 0.4) is 0 Å². The molecule has 1 aromatic carbocycles. The maximum absolute atomic E-state index is 5.84. The number of methoxy groups -OCH3 is 3. The number of hydrogen-bond donors (Lipinski definition) is 1. The highest BCUT2D eigenvalue weighted by Gasteiger charge is 2.18. The van der Waals surface area contributed by atoms with Crippen LogP contribution >= 0.6 is 11.3 Å². The van der Waals surface area contributed by atoms with Gasteiger partial charge < -0.3 is 24.3 Å². The summed E-state index contributed by atoms with van der Waals surface area (Å²) in [6.07, 6.45) is 5.77. The first-order valence-corrected chi connectivity index (χ1v) is 11.6. The van der Waals surface area contributed by atoms with Crippen LogP contribution in [-0.4, -0.2) is 48.8 Å². The number of thiazole rings is 1. The van der Waals surface area contributed by atoms with Crippen molar-refractivity contribution in [2.75, 3.05) is 33.3 Å². The Balaban J connectivity index is 1.45. The molecule has 0 saturated carbocycles. The minimum absolute atomic E-state index is 0.257. The van der Waals surface area contributed by atoms with Crippen LogP contribution in [0.2, 0.25) is 0 Å². The van der Waals surface area contributed by atoms with Crippen LogP contribution in [0.1, 0.15) is 30.5 Å². The second-order valence-corrected chi connectivity index (χ2v) is 8.69. The minimum atomic E-state index is 0.257. The Morgan fingerprint density at radius 1 is 1.12 bits per heavy atom. The van der Waals surface area contributed by atoms with Crippen molar-refractivity contribution >= 4 is 16.5 Å². The molecule has 0 radical (unpaired) electrons. The molecular formula is C23H30N4O4S. The van der Waals surface area contributed by atoms with E-state index >= 15 is 0 Å².